The largest absolute Gasteiger partial charge is 0.511 e. The fraction of sp³-hybridized carbons (Fsp3) is 0.333. The van der Waals surface area contributed by atoms with Gasteiger partial charge >= 0.3 is 6.03 Å². The molecule has 0 aromatic rings. The normalized spacial score (nSPS) is 23.8. The number of aliphatic hydroxyl groups is 1. The number of rotatable bonds is 1. The van der Waals surface area contributed by atoms with Crippen molar-refractivity contribution in [1.29, 1.82) is 0 Å². The monoisotopic (exact) mass is 156 g/mol. The maximum Gasteiger partial charge on any atom is 0.322 e. The molecule has 0 bridgehead atoms. The SMILES string of the molecule is C=C(O)[C@@H]1CC(=O)NC(=O)N1. The molecule has 1 heterocycles. The summed E-state index contributed by atoms with van der Waals surface area (Å²) in [7, 11) is 0. The Morgan fingerprint density at radius 2 is 2.27 bits per heavy atom. The van der Waals surface area contributed by atoms with E-state index in [-0.39, 0.29) is 12.2 Å². The van der Waals surface area contributed by atoms with Gasteiger partial charge in [-0.05, 0) is 0 Å². The molecule has 5 nitrogen and oxygen atoms in total. The van der Waals surface area contributed by atoms with Crippen LogP contribution in [0, 0.1) is 0 Å². The number of carbonyl (C=O) groups excluding carboxylic acids is 2. The van der Waals surface area contributed by atoms with Crippen molar-refractivity contribution in [2.75, 3.05) is 0 Å². The van der Waals surface area contributed by atoms with Gasteiger partial charge in [0.15, 0.2) is 0 Å². The Morgan fingerprint density at radius 3 is 2.73 bits per heavy atom. The van der Waals surface area contributed by atoms with Gasteiger partial charge in [-0.1, -0.05) is 6.58 Å². The average Bonchev–Trinajstić information content (AvgIpc) is 1.85. The molecule has 0 spiro atoms. The number of carbonyl (C=O) groups is 2. The minimum absolute atomic E-state index is 0.0427. The zero-order chi connectivity index (χ0) is 8.43. The third kappa shape index (κ3) is 1.70. The highest BCUT2D eigenvalue weighted by Crippen LogP contribution is 2.03. The Hall–Kier alpha value is -1.52. The highest BCUT2D eigenvalue weighted by Gasteiger charge is 2.25. The van der Waals surface area contributed by atoms with E-state index in [1.807, 2.05) is 5.32 Å². The third-order valence-corrected chi connectivity index (χ3v) is 1.35. The fourth-order valence-electron chi connectivity index (χ4n) is 0.810. The first-order chi connectivity index (χ1) is 5.09. The number of hydrogen-bond acceptors (Lipinski definition) is 3. The summed E-state index contributed by atoms with van der Waals surface area (Å²) in [5, 5.41) is 13.2. The number of imide groups is 1. The van der Waals surface area contributed by atoms with E-state index >= 15 is 0 Å². The molecular formula is C6H8N2O3. The molecule has 1 fully saturated rings. The van der Waals surface area contributed by atoms with Crippen LogP contribution in [-0.2, 0) is 4.79 Å². The fourth-order valence-corrected chi connectivity index (χ4v) is 0.810. The first-order valence-electron chi connectivity index (χ1n) is 3.07. The summed E-state index contributed by atoms with van der Waals surface area (Å²) in [5.74, 6) is -0.609. The van der Waals surface area contributed by atoms with Crippen molar-refractivity contribution in [2.45, 2.75) is 12.5 Å². The lowest BCUT2D eigenvalue weighted by Gasteiger charge is -2.21. The van der Waals surface area contributed by atoms with Gasteiger partial charge in [0.2, 0.25) is 5.91 Å². The van der Waals surface area contributed by atoms with Gasteiger partial charge in [-0.15, -0.1) is 0 Å². The van der Waals surface area contributed by atoms with E-state index in [2.05, 4.69) is 11.9 Å². The van der Waals surface area contributed by atoms with Crippen LogP contribution in [0.1, 0.15) is 6.42 Å². The summed E-state index contributed by atoms with van der Waals surface area (Å²) in [5.41, 5.74) is 0. The highest BCUT2D eigenvalue weighted by atomic mass is 16.3. The molecule has 1 saturated heterocycles. The molecule has 1 aliphatic heterocycles. The molecule has 0 saturated carbocycles. The molecule has 0 aromatic carbocycles. The van der Waals surface area contributed by atoms with Crippen LogP contribution >= 0.6 is 0 Å². The van der Waals surface area contributed by atoms with Crippen LogP contribution in [0.3, 0.4) is 0 Å². The highest BCUT2D eigenvalue weighted by molar-refractivity contribution is 5.97. The van der Waals surface area contributed by atoms with Crippen molar-refractivity contribution >= 4 is 11.9 Å². The van der Waals surface area contributed by atoms with Gasteiger partial charge < -0.3 is 10.4 Å². The second kappa shape index (κ2) is 2.61. The summed E-state index contributed by atoms with van der Waals surface area (Å²) in [4.78, 5) is 21.3. The second-order valence-corrected chi connectivity index (χ2v) is 2.27. The Balaban J connectivity index is 2.63. The van der Waals surface area contributed by atoms with Crippen LogP contribution in [-0.4, -0.2) is 23.1 Å². The van der Waals surface area contributed by atoms with E-state index in [0.29, 0.717) is 0 Å². The van der Waals surface area contributed by atoms with Crippen molar-refractivity contribution in [1.82, 2.24) is 10.6 Å². The zero-order valence-corrected chi connectivity index (χ0v) is 5.76. The van der Waals surface area contributed by atoms with Gasteiger partial charge in [0.1, 0.15) is 5.76 Å². The summed E-state index contributed by atoms with van der Waals surface area (Å²) in [6.45, 7) is 3.21. The molecule has 1 atom stereocenters. The molecule has 0 unspecified atom stereocenters. The van der Waals surface area contributed by atoms with Crippen LogP contribution in [0.5, 0.6) is 0 Å². The van der Waals surface area contributed by atoms with Crippen LogP contribution in [0.15, 0.2) is 12.3 Å². The summed E-state index contributed by atoms with van der Waals surface area (Å²) in [6, 6.07) is -1.24. The summed E-state index contributed by atoms with van der Waals surface area (Å²) >= 11 is 0. The molecule has 5 heteroatoms. The Morgan fingerprint density at radius 1 is 1.64 bits per heavy atom. The van der Waals surface area contributed by atoms with E-state index in [1.54, 1.807) is 0 Å². The molecule has 3 N–H and O–H groups in total. The van der Waals surface area contributed by atoms with Crippen molar-refractivity contribution in [2.24, 2.45) is 0 Å². The predicted octanol–water partition coefficient (Wildman–Crippen LogP) is -0.344. The molecule has 3 amide bonds. The van der Waals surface area contributed by atoms with Gasteiger partial charge in [0.05, 0.1) is 12.5 Å². The van der Waals surface area contributed by atoms with Crippen molar-refractivity contribution in [3.8, 4) is 0 Å². The molecular weight excluding hydrogens is 148 g/mol. The number of aliphatic hydroxyl groups excluding tert-OH is 1. The van der Waals surface area contributed by atoms with Crippen LogP contribution < -0.4 is 10.6 Å². The Labute approximate surface area is 63.1 Å². The maximum absolute atomic E-state index is 10.7. The maximum atomic E-state index is 10.7. The lowest BCUT2D eigenvalue weighted by Crippen LogP contribution is -2.52. The van der Waals surface area contributed by atoms with Gasteiger partial charge in [0.25, 0.3) is 0 Å². The number of urea groups is 1. The van der Waals surface area contributed by atoms with Crippen LogP contribution in [0.4, 0.5) is 4.79 Å². The van der Waals surface area contributed by atoms with E-state index in [9.17, 15) is 9.59 Å². The van der Waals surface area contributed by atoms with Gasteiger partial charge in [-0.25, -0.2) is 4.79 Å². The standard InChI is InChI=1S/C6H8N2O3/c1-3(9)4-2-5(10)8-6(11)7-4/h4,9H,1-2H2,(H2,7,8,10,11)/t4-/m0/s1. The minimum atomic E-state index is -0.642. The van der Waals surface area contributed by atoms with Crippen molar-refractivity contribution in [3.05, 3.63) is 12.3 Å². The van der Waals surface area contributed by atoms with Crippen molar-refractivity contribution < 1.29 is 14.7 Å². The van der Waals surface area contributed by atoms with Gasteiger partial charge in [0, 0.05) is 0 Å². The minimum Gasteiger partial charge on any atom is -0.511 e. The Kier molecular flexibility index (Phi) is 1.80. The number of amides is 3. The topological polar surface area (TPSA) is 78.4 Å². The van der Waals surface area contributed by atoms with E-state index in [4.69, 9.17) is 5.11 Å². The Bertz CT molecular complexity index is 208. The third-order valence-electron chi connectivity index (χ3n) is 1.35. The number of hydrogen-bond donors (Lipinski definition) is 3. The van der Waals surface area contributed by atoms with Gasteiger partial charge in [-0.2, -0.15) is 0 Å². The molecule has 60 valence electrons. The summed E-state index contributed by atoms with van der Waals surface area (Å²) in [6.07, 6.45) is 0.0427. The average molecular weight is 156 g/mol. The molecule has 1 aliphatic rings. The summed E-state index contributed by atoms with van der Waals surface area (Å²) < 4.78 is 0. The van der Waals surface area contributed by atoms with Gasteiger partial charge in [-0.3, -0.25) is 10.1 Å². The van der Waals surface area contributed by atoms with Crippen LogP contribution in [0.2, 0.25) is 0 Å². The predicted molar refractivity (Wildman–Crippen MR) is 36.8 cm³/mol. The van der Waals surface area contributed by atoms with E-state index in [0.717, 1.165) is 0 Å². The molecule has 0 aliphatic carbocycles. The van der Waals surface area contributed by atoms with Crippen LogP contribution in [0.25, 0.3) is 0 Å². The quantitative estimate of drug-likeness (QED) is 0.454. The molecule has 0 aromatic heterocycles. The smallest absolute Gasteiger partial charge is 0.322 e. The molecule has 0 radical (unpaired) electrons. The zero-order valence-electron chi connectivity index (χ0n) is 5.76. The molecule has 1 rings (SSSR count). The lowest BCUT2D eigenvalue weighted by molar-refractivity contribution is -0.121. The van der Waals surface area contributed by atoms with E-state index in [1.165, 1.54) is 0 Å². The first kappa shape index (κ1) is 7.59. The molecule has 11 heavy (non-hydrogen) atoms. The second-order valence-electron chi connectivity index (χ2n) is 2.27. The van der Waals surface area contributed by atoms with Crippen molar-refractivity contribution in [3.63, 3.8) is 0 Å². The number of nitrogens with one attached hydrogen (secondary N) is 2. The lowest BCUT2D eigenvalue weighted by atomic mass is 10.1. The first-order valence-corrected chi connectivity index (χ1v) is 3.07. The van der Waals surface area contributed by atoms with E-state index < -0.39 is 18.0 Å².